The molecular weight excluding hydrogens is 399 g/mol. The normalized spacial score (nSPS) is 11.2. The fourth-order valence-corrected chi connectivity index (χ4v) is 3.43. The third-order valence-electron chi connectivity index (χ3n) is 3.47. The minimum absolute atomic E-state index is 0.0300. The minimum atomic E-state index is -3.96. The van der Waals surface area contributed by atoms with Gasteiger partial charge < -0.3 is 4.74 Å². The van der Waals surface area contributed by atoms with E-state index in [1.807, 2.05) is 67.6 Å². The van der Waals surface area contributed by atoms with Crippen LogP contribution in [0, 0.1) is 0 Å². The Morgan fingerprint density at radius 1 is 0.929 bits per heavy atom. The minimum Gasteiger partial charge on any atom is -0.430 e. The molecule has 8 heteroatoms. The van der Waals surface area contributed by atoms with E-state index in [1.165, 1.54) is 0 Å². The van der Waals surface area contributed by atoms with Gasteiger partial charge in [-0.05, 0) is 34.2 Å². The summed E-state index contributed by atoms with van der Waals surface area (Å²) in [4.78, 5) is 12.3. The summed E-state index contributed by atoms with van der Waals surface area (Å²) >= 11 is 0.864. The van der Waals surface area contributed by atoms with Crippen LogP contribution < -0.4 is 0 Å². The second kappa shape index (κ2) is 11.8. The fourth-order valence-electron chi connectivity index (χ4n) is 1.93. The first kappa shape index (κ1) is 22.4. The SMILES string of the molecule is C=C(CC)SC(=O)OCOP(=O)(OCc1ccccc1)OCc1ccccc1. The van der Waals surface area contributed by atoms with Crippen molar-refractivity contribution in [2.75, 3.05) is 6.79 Å². The number of hydrogen-bond acceptors (Lipinski definition) is 7. The van der Waals surface area contributed by atoms with Crippen molar-refractivity contribution in [1.29, 1.82) is 0 Å². The van der Waals surface area contributed by atoms with Gasteiger partial charge in [-0.25, -0.2) is 13.9 Å². The van der Waals surface area contributed by atoms with Gasteiger partial charge in [-0.3, -0.25) is 9.05 Å². The molecule has 0 spiro atoms. The van der Waals surface area contributed by atoms with Gasteiger partial charge in [0.2, 0.25) is 6.79 Å². The molecule has 0 aliphatic carbocycles. The van der Waals surface area contributed by atoms with E-state index in [1.54, 1.807) is 0 Å². The standard InChI is InChI=1S/C20H23O6PS/c1-3-17(2)28-20(21)23-16-26-27(22,24-14-18-10-6-4-7-11-18)25-15-19-12-8-5-9-13-19/h4-13H,2-3,14-16H2,1H3. The van der Waals surface area contributed by atoms with E-state index >= 15 is 0 Å². The highest BCUT2D eigenvalue weighted by atomic mass is 32.2. The van der Waals surface area contributed by atoms with Crippen LogP contribution in [0.5, 0.6) is 0 Å². The van der Waals surface area contributed by atoms with Gasteiger partial charge in [-0.15, -0.1) is 0 Å². The molecule has 0 unspecified atom stereocenters. The van der Waals surface area contributed by atoms with Crippen molar-refractivity contribution >= 4 is 24.9 Å². The molecule has 2 rings (SSSR count). The zero-order chi connectivity index (χ0) is 20.2. The third-order valence-corrected chi connectivity index (χ3v) is 5.65. The van der Waals surface area contributed by atoms with E-state index in [9.17, 15) is 9.36 Å². The fraction of sp³-hybridized carbons (Fsp3) is 0.250. The van der Waals surface area contributed by atoms with E-state index < -0.39 is 19.9 Å². The van der Waals surface area contributed by atoms with Crippen LogP contribution in [0.25, 0.3) is 0 Å². The largest absolute Gasteiger partial charge is 0.478 e. The van der Waals surface area contributed by atoms with Gasteiger partial charge in [0.1, 0.15) is 0 Å². The number of thioether (sulfide) groups is 1. The molecule has 0 amide bonds. The molecule has 150 valence electrons. The first-order valence-corrected chi connectivity index (χ1v) is 10.9. The van der Waals surface area contributed by atoms with Gasteiger partial charge in [0, 0.05) is 0 Å². The van der Waals surface area contributed by atoms with Crippen LogP contribution in [0.4, 0.5) is 4.79 Å². The van der Waals surface area contributed by atoms with E-state index in [4.69, 9.17) is 18.3 Å². The Labute approximate surface area is 169 Å². The van der Waals surface area contributed by atoms with Crippen LogP contribution in [0.2, 0.25) is 0 Å². The Bertz CT molecular complexity index is 749. The zero-order valence-corrected chi connectivity index (χ0v) is 17.3. The third kappa shape index (κ3) is 8.42. The second-order valence-electron chi connectivity index (χ2n) is 5.60. The molecule has 0 saturated heterocycles. The van der Waals surface area contributed by atoms with Crippen LogP contribution in [-0.2, 0) is 36.1 Å². The maximum absolute atomic E-state index is 12.9. The Morgan fingerprint density at radius 2 is 1.43 bits per heavy atom. The van der Waals surface area contributed by atoms with E-state index in [2.05, 4.69) is 6.58 Å². The van der Waals surface area contributed by atoms with Crippen molar-refractivity contribution in [3.05, 3.63) is 83.3 Å². The van der Waals surface area contributed by atoms with Crippen molar-refractivity contribution in [3.63, 3.8) is 0 Å². The molecule has 0 aliphatic rings. The van der Waals surface area contributed by atoms with Crippen molar-refractivity contribution in [1.82, 2.24) is 0 Å². The smallest absolute Gasteiger partial charge is 0.430 e. The first-order valence-electron chi connectivity index (χ1n) is 8.64. The summed E-state index contributed by atoms with van der Waals surface area (Å²) in [5.41, 5.74) is 1.61. The monoisotopic (exact) mass is 422 g/mol. The summed E-state index contributed by atoms with van der Waals surface area (Å²) in [7, 11) is -3.96. The molecule has 0 saturated carbocycles. The molecule has 6 nitrogen and oxygen atoms in total. The molecule has 0 fully saturated rings. The van der Waals surface area contributed by atoms with Crippen molar-refractivity contribution in [3.8, 4) is 0 Å². The molecule has 0 atom stereocenters. The number of ether oxygens (including phenoxy) is 1. The van der Waals surface area contributed by atoms with E-state index in [0.717, 1.165) is 22.9 Å². The summed E-state index contributed by atoms with van der Waals surface area (Å²) in [6.45, 7) is 5.10. The number of phosphoric ester groups is 1. The molecule has 0 radical (unpaired) electrons. The first-order chi connectivity index (χ1) is 13.5. The average molecular weight is 422 g/mol. The topological polar surface area (TPSA) is 71.1 Å². The summed E-state index contributed by atoms with van der Waals surface area (Å²) in [5.74, 6) is 0. The summed E-state index contributed by atoms with van der Waals surface area (Å²) < 4.78 is 33.9. The van der Waals surface area contributed by atoms with Crippen molar-refractivity contribution in [2.24, 2.45) is 0 Å². The molecule has 28 heavy (non-hydrogen) atoms. The molecule has 2 aromatic carbocycles. The summed E-state index contributed by atoms with van der Waals surface area (Å²) in [6, 6.07) is 18.4. The quantitative estimate of drug-likeness (QED) is 0.239. The van der Waals surface area contributed by atoms with E-state index in [0.29, 0.717) is 11.3 Å². The Balaban J connectivity index is 1.93. The lowest BCUT2D eigenvalue weighted by Gasteiger charge is -2.18. The van der Waals surface area contributed by atoms with Gasteiger partial charge >= 0.3 is 13.1 Å². The molecule has 2 aromatic rings. The Kier molecular flexibility index (Phi) is 9.47. The number of benzene rings is 2. The predicted octanol–water partition coefficient (Wildman–Crippen LogP) is 6.30. The van der Waals surface area contributed by atoms with Crippen LogP contribution in [0.3, 0.4) is 0 Å². The second-order valence-corrected chi connectivity index (χ2v) is 8.38. The van der Waals surface area contributed by atoms with Gasteiger partial charge in [0.15, 0.2) is 0 Å². The van der Waals surface area contributed by atoms with Crippen molar-refractivity contribution in [2.45, 2.75) is 26.6 Å². The molecule has 0 aromatic heterocycles. The number of allylic oxidation sites excluding steroid dienone is 1. The maximum Gasteiger partial charge on any atom is 0.478 e. The maximum atomic E-state index is 12.9. The average Bonchev–Trinajstić information content (AvgIpc) is 2.72. The van der Waals surface area contributed by atoms with Crippen LogP contribution in [0.1, 0.15) is 24.5 Å². The van der Waals surface area contributed by atoms with Gasteiger partial charge in [-0.1, -0.05) is 74.2 Å². The van der Waals surface area contributed by atoms with Crippen LogP contribution >= 0.6 is 19.6 Å². The number of hydrogen-bond donors (Lipinski definition) is 0. The summed E-state index contributed by atoms with van der Waals surface area (Å²) in [5, 5.41) is -0.593. The number of phosphoric acid groups is 1. The molecular formula is C20H23O6PS. The number of carbonyl (C=O) groups excluding carboxylic acids is 1. The lowest BCUT2D eigenvalue weighted by atomic mass is 10.2. The zero-order valence-electron chi connectivity index (χ0n) is 15.6. The number of carbonyl (C=O) groups is 1. The highest BCUT2D eigenvalue weighted by Crippen LogP contribution is 2.51. The highest BCUT2D eigenvalue weighted by Gasteiger charge is 2.28. The molecule has 0 aliphatic heterocycles. The van der Waals surface area contributed by atoms with Crippen molar-refractivity contribution < 1.29 is 27.7 Å². The van der Waals surface area contributed by atoms with Gasteiger partial charge in [-0.2, -0.15) is 0 Å². The van der Waals surface area contributed by atoms with Crippen LogP contribution in [0.15, 0.2) is 72.1 Å². The Hall–Kier alpha value is -1.89. The number of rotatable bonds is 11. The molecule has 0 N–H and O–H groups in total. The van der Waals surface area contributed by atoms with Crippen LogP contribution in [-0.4, -0.2) is 12.1 Å². The van der Waals surface area contributed by atoms with E-state index in [-0.39, 0.29) is 13.2 Å². The predicted molar refractivity (Wildman–Crippen MR) is 110 cm³/mol. The van der Waals surface area contributed by atoms with Gasteiger partial charge in [0.05, 0.1) is 13.2 Å². The lowest BCUT2D eigenvalue weighted by molar-refractivity contribution is 0.0268. The Morgan fingerprint density at radius 3 is 1.89 bits per heavy atom. The molecule has 0 bridgehead atoms. The summed E-state index contributed by atoms with van der Waals surface area (Å²) in [6.07, 6.45) is 0.638. The highest BCUT2D eigenvalue weighted by molar-refractivity contribution is 8.16. The lowest BCUT2D eigenvalue weighted by Crippen LogP contribution is -2.07. The van der Waals surface area contributed by atoms with Gasteiger partial charge in [0.25, 0.3) is 0 Å². The molecule has 0 heterocycles.